The third-order valence-electron chi connectivity index (χ3n) is 3.07. The minimum Gasteiger partial charge on any atom is -0.496 e. The Hall–Kier alpha value is -2.08. The summed E-state index contributed by atoms with van der Waals surface area (Å²) in [5.74, 6) is 0.454. The van der Waals surface area contributed by atoms with E-state index in [0.29, 0.717) is 17.5 Å². The first-order valence-electron chi connectivity index (χ1n) is 6.18. The first-order chi connectivity index (χ1) is 9.82. The van der Waals surface area contributed by atoms with Crippen LogP contribution in [0, 0.1) is 6.92 Å². The molecule has 2 aromatic rings. The van der Waals surface area contributed by atoms with Crippen molar-refractivity contribution < 1.29 is 23.0 Å². The van der Waals surface area contributed by atoms with Gasteiger partial charge >= 0.3 is 6.18 Å². The highest BCUT2D eigenvalue weighted by Gasteiger charge is 2.31. The number of rotatable bonds is 3. The van der Waals surface area contributed by atoms with Crippen molar-refractivity contribution in [2.75, 3.05) is 7.11 Å². The molecule has 0 saturated carbocycles. The number of alkyl halides is 3. The molecule has 1 atom stereocenters. The molecule has 112 valence electrons. The number of aromatic nitrogens is 1. The first-order valence-corrected chi connectivity index (χ1v) is 6.18. The summed E-state index contributed by atoms with van der Waals surface area (Å²) in [7, 11) is 1.46. The lowest BCUT2D eigenvalue weighted by atomic mass is 10.0. The van der Waals surface area contributed by atoms with Gasteiger partial charge in [-0.05, 0) is 31.2 Å². The summed E-state index contributed by atoms with van der Waals surface area (Å²) in [5, 5.41) is 10.3. The van der Waals surface area contributed by atoms with Gasteiger partial charge in [0.25, 0.3) is 0 Å². The molecule has 21 heavy (non-hydrogen) atoms. The molecule has 1 N–H and O–H groups in total. The number of hydrogen-bond acceptors (Lipinski definition) is 3. The van der Waals surface area contributed by atoms with Crippen LogP contribution in [0.2, 0.25) is 0 Å². The third-order valence-corrected chi connectivity index (χ3v) is 3.07. The average molecular weight is 297 g/mol. The summed E-state index contributed by atoms with van der Waals surface area (Å²) in [6.45, 7) is 1.84. The summed E-state index contributed by atoms with van der Waals surface area (Å²) in [5.41, 5.74) is 0.642. The van der Waals surface area contributed by atoms with Crippen LogP contribution < -0.4 is 4.74 Å². The van der Waals surface area contributed by atoms with Gasteiger partial charge in [0.15, 0.2) is 0 Å². The summed E-state index contributed by atoms with van der Waals surface area (Å²) in [6.07, 6.45) is -4.89. The standard InChI is InChI=1S/C15H14F3NO2/c1-9-3-6-13(21-2)11(7-9)14(20)12-5-4-10(8-19-12)15(16,17)18/h3-8,14,20H,1-2H3. The van der Waals surface area contributed by atoms with Gasteiger partial charge in [0.05, 0.1) is 18.4 Å². The van der Waals surface area contributed by atoms with Crippen molar-refractivity contribution in [1.82, 2.24) is 4.98 Å². The Morgan fingerprint density at radius 2 is 1.90 bits per heavy atom. The van der Waals surface area contributed by atoms with Crippen molar-refractivity contribution in [2.45, 2.75) is 19.2 Å². The predicted octanol–water partition coefficient (Wildman–Crippen LogP) is 3.50. The zero-order chi connectivity index (χ0) is 15.6. The Labute approximate surface area is 120 Å². The molecule has 0 radical (unpaired) electrons. The van der Waals surface area contributed by atoms with E-state index in [1.165, 1.54) is 7.11 Å². The Morgan fingerprint density at radius 3 is 2.43 bits per heavy atom. The van der Waals surface area contributed by atoms with Gasteiger partial charge in [-0.3, -0.25) is 4.98 Å². The molecule has 1 heterocycles. The van der Waals surface area contributed by atoms with E-state index in [9.17, 15) is 18.3 Å². The smallest absolute Gasteiger partial charge is 0.417 e. The van der Waals surface area contributed by atoms with E-state index in [4.69, 9.17) is 4.74 Å². The zero-order valence-electron chi connectivity index (χ0n) is 11.5. The predicted molar refractivity (Wildman–Crippen MR) is 71.0 cm³/mol. The van der Waals surface area contributed by atoms with Crippen molar-refractivity contribution >= 4 is 0 Å². The number of nitrogens with zero attached hydrogens (tertiary/aromatic N) is 1. The van der Waals surface area contributed by atoms with E-state index in [1.54, 1.807) is 12.1 Å². The Balaban J connectivity index is 2.36. The number of benzene rings is 1. The molecule has 2 rings (SSSR count). The third kappa shape index (κ3) is 3.33. The molecular weight excluding hydrogens is 283 g/mol. The summed E-state index contributed by atoms with van der Waals surface area (Å²) in [6, 6.07) is 7.28. The monoisotopic (exact) mass is 297 g/mol. The minimum absolute atomic E-state index is 0.131. The van der Waals surface area contributed by atoms with Gasteiger partial charge in [0.2, 0.25) is 0 Å². The Morgan fingerprint density at radius 1 is 1.19 bits per heavy atom. The quantitative estimate of drug-likeness (QED) is 0.943. The van der Waals surface area contributed by atoms with Gasteiger partial charge in [-0.15, -0.1) is 0 Å². The molecule has 0 fully saturated rings. The van der Waals surface area contributed by atoms with Crippen molar-refractivity contribution in [3.63, 3.8) is 0 Å². The Bertz CT molecular complexity index is 624. The second-order valence-corrected chi connectivity index (χ2v) is 4.62. The highest BCUT2D eigenvalue weighted by atomic mass is 19.4. The number of aliphatic hydroxyl groups is 1. The molecule has 1 aromatic carbocycles. The van der Waals surface area contributed by atoms with Gasteiger partial charge in [0, 0.05) is 11.8 Å². The fourth-order valence-corrected chi connectivity index (χ4v) is 1.96. The number of pyridine rings is 1. The molecular formula is C15H14F3NO2. The lowest BCUT2D eigenvalue weighted by molar-refractivity contribution is -0.137. The SMILES string of the molecule is COc1ccc(C)cc1C(O)c1ccc(C(F)(F)F)cn1. The highest BCUT2D eigenvalue weighted by molar-refractivity contribution is 5.41. The molecule has 1 unspecified atom stereocenters. The maximum absolute atomic E-state index is 12.5. The lowest BCUT2D eigenvalue weighted by Crippen LogP contribution is -2.09. The second kappa shape index (κ2) is 5.73. The molecule has 0 spiro atoms. The number of aryl methyl sites for hydroxylation is 1. The Kier molecular flexibility index (Phi) is 4.18. The minimum atomic E-state index is -4.45. The molecule has 0 bridgehead atoms. The molecule has 0 aliphatic carbocycles. The maximum atomic E-state index is 12.5. The van der Waals surface area contributed by atoms with Crippen LogP contribution in [0.3, 0.4) is 0 Å². The van der Waals surface area contributed by atoms with Crippen molar-refractivity contribution in [1.29, 1.82) is 0 Å². The van der Waals surface area contributed by atoms with Crippen molar-refractivity contribution in [3.8, 4) is 5.75 Å². The second-order valence-electron chi connectivity index (χ2n) is 4.62. The van der Waals surface area contributed by atoms with Crippen LogP contribution in [0.4, 0.5) is 13.2 Å². The maximum Gasteiger partial charge on any atom is 0.417 e. The van der Waals surface area contributed by atoms with E-state index in [2.05, 4.69) is 4.98 Å². The van der Waals surface area contributed by atoms with Gasteiger partial charge in [-0.25, -0.2) is 0 Å². The first kappa shape index (κ1) is 15.3. The van der Waals surface area contributed by atoms with E-state index >= 15 is 0 Å². The number of methoxy groups -OCH3 is 1. The molecule has 0 aliphatic rings. The fraction of sp³-hybridized carbons (Fsp3) is 0.267. The highest BCUT2D eigenvalue weighted by Crippen LogP contribution is 2.32. The van der Waals surface area contributed by atoms with Gasteiger partial charge in [0.1, 0.15) is 11.9 Å². The molecule has 3 nitrogen and oxygen atoms in total. The number of aliphatic hydroxyl groups excluding tert-OH is 1. The van der Waals surface area contributed by atoms with Crippen LogP contribution in [-0.4, -0.2) is 17.2 Å². The average Bonchev–Trinajstić information content (AvgIpc) is 2.45. The molecule has 1 aromatic heterocycles. The van der Waals surface area contributed by atoms with Crippen LogP contribution in [0.25, 0.3) is 0 Å². The molecule has 0 aliphatic heterocycles. The van der Waals surface area contributed by atoms with Crippen LogP contribution >= 0.6 is 0 Å². The van der Waals surface area contributed by atoms with E-state index < -0.39 is 17.8 Å². The van der Waals surface area contributed by atoms with E-state index in [1.807, 2.05) is 13.0 Å². The van der Waals surface area contributed by atoms with Crippen molar-refractivity contribution in [2.24, 2.45) is 0 Å². The topological polar surface area (TPSA) is 42.4 Å². The van der Waals surface area contributed by atoms with Crippen LogP contribution in [0.15, 0.2) is 36.5 Å². The van der Waals surface area contributed by atoms with Crippen molar-refractivity contribution in [3.05, 3.63) is 58.9 Å². The van der Waals surface area contributed by atoms with Gasteiger partial charge in [-0.2, -0.15) is 13.2 Å². The van der Waals surface area contributed by atoms with Crippen LogP contribution in [-0.2, 0) is 6.18 Å². The molecule has 6 heteroatoms. The molecule has 0 amide bonds. The summed E-state index contributed by atoms with van der Waals surface area (Å²) in [4.78, 5) is 3.70. The molecule has 0 saturated heterocycles. The zero-order valence-corrected chi connectivity index (χ0v) is 11.5. The fourth-order valence-electron chi connectivity index (χ4n) is 1.96. The lowest BCUT2D eigenvalue weighted by Gasteiger charge is -2.16. The van der Waals surface area contributed by atoms with Gasteiger partial charge in [-0.1, -0.05) is 11.6 Å². The number of hydrogen-bond donors (Lipinski definition) is 1. The van der Waals surface area contributed by atoms with Gasteiger partial charge < -0.3 is 9.84 Å². The number of halogens is 3. The van der Waals surface area contributed by atoms with Crippen LogP contribution in [0.1, 0.15) is 28.5 Å². The normalized spacial score (nSPS) is 13.0. The number of ether oxygens (including phenoxy) is 1. The van der Waals surface area contributed by atoms with Crippen LogP contribution in [0.5, 0.6) is 5.75 Å². The van der Waals surface area contributed by atoms with E-state index in [-0.39, 0.29) is 5.69 Å². The summed E-state index contributed by atoms with van der Waals surface area (Å²) < 4.78 is 42.6. The largest absolute Gasteiger partial charge is 0.496 e. The van der Waals surface area contributed by atoms with E-state index in [0.717, 1.165) is 17.7 Å². The summed E-state index contributed by atoms with van der Waals surface area (Å²) >= 11 is 0.